The number of nitrogens with zero attached hydrogens (tertiary/aromatic N) is 4. The van der Waals surface area contributed by atoms with Gasteiger partial charge in [0.25, 0.3) is 0 Å². The number of aromatic amines is 2. The Morgan fingerprint density at radius 2 is 0.967 bits per heavy atom. The predicted octanol–water partition coefficient (Wildman–Crippen LogP) is 7.78. The molecule has 2 aromatic carbocycles. The maximum atomic E-state index is 14.1. The Morgan fingerprint density at radius 1 is 0.600 bits per heavy atom. The summed E-state index contributed by atoms with van der Waals surface area (Å²) in [5.41, 5.74) is 5.88. The van der Waals surface area contributed by atoms with Crippen LogP contribution in [0, 0.1) is 23.7 Å². The minimum atomic E-state index is -0.686. The lowest BCUT2D eigenvalue weighted by Gasteiger charge is -2.33. The zero-order valence-corrected chi connectivity index (χ0v) is 35.4. The summed E-state index contributed by atoms with van der Waals surface area (Å²) in [6.45, 7) is 7.74. The first-order chi connectivity index (χ1) is 28.9. The standard InChI is InChI=1S/C46H58N8O6/c1-25(2)39(51-45(57)59-5)43(55)53-35-11-7-9-31(35)21-37(53)41-47-23-33(49-41)29-17-13-27(14-18-29)28-15-19-30(20-16-28)34-24-48-42(50-34)38-22-32-10-8-12-36(32)54(38)44(56)40(26(3)4)52-46(58)60-6/h13-20,23-26,31-32,35-40H,7-12,21-22H2,1-6H3,(H,47,49)(H,48,50)(H,51,57)(H,52,58)/t31-,32-,35-,36-,37-,38-,39-,40-/m0/s1. The molecule has 4 amide bonds. The van der Waals surface area contributed by atoms with Crippen LogP contribution in [0.4, 0.5) is 9.59 Å². The maximum Gasteiger partial charge on any atom is 0.407 e. The molecule has 0 bridgehead atoms. The Balaban J connectivity index is 0.956. The van der Waals surface area contributed by atoms with Crippen molar-refractivity contribution in [2.24, 2.45) is 23.7 Å². The van der Waals surface area contributed by atoms with E-state index in [-0.39, 0.29) is 47.8 Å². The van der Waals surface area contributed by atoms with Crippen molar-refractivity contribution in [2.75, 3.05) is 14.2 Å². The van der Waals surface area contributed by atoms with Crippen LogP contribution in [0.5, 0.6) is 0 Å². The molecule has 4 N–H and O–H groups in total. The first kappa shape index (κ1) is 41.1. The van der Waals surface area contributed by atoms with Gasteiger partial charge in [0.05, 0.1) is 50.1 Å². The quantitative estimate of drug-likeness (QED) is 0.119. The Morgan fingerprint density at radius 3 is 1.32 bits per heavy atom. The normalized spacial score (nSPS) is 24.3. The first-order valence-electron chi connectivity index (χ1n) is 21.6. The average molecular weight is 819 g/mol. The van der Waals surface area contributed by atoms with E-state index in [1.54, 1.807) is 0 Å². The van der Waals surface area contributed by atoms with E-state index in [1.165, 1.54) is 14.2 Å². The zero-order chi connectivity index (χ0) is 42.2. The van der Waals surface area contributed by atoms with Gasteiger partial charge in [-0.3, -0.25) is 9.59 Å². The molecule has 2 aromatic heterocycles. The number of nitrogens with one attached hydrogen (secondary N) is 4. The molecule has 14 nitrogen and oxygen atoms in total. The number of carbonyl (C=O) groups is 4. The van der Waals surface area contributed by atoms with Gasteiger partial charge in [-0.05, 0) is 84.5 Å². The number of ether oxygens (including phenoxy) is 2. The third kappa shape index (κ3) is 7.88. The molecule has 14 heteroatoms. The maximum absolute atomic E-state index is 14.1. The molecule has 2 saturated heterocycles. The van der Waals surface area contributed by atoms with E-state index >= 15 is 0 Å². The average Bonchev–Trinajstić information content (AvgIpc) is 4.10. The van der Waals surface area contributed by atoms with E-state index in [0.717, 1.165) is 96.7 Å². The lowest BCUT2D eigenvalue weighted by atomic mass is 10.0. The summed E-state index contributed by atoms with van der Waals surface area (Å²) < 4.78 is 9.69. The smallest absolute Gasteiger partial charge is 0.407 e. The number of fused-ring (bicyclic) bond motifs is 2. The van der Waals surface area contributed by atoms with Crippen LogP contribution in [0.3, 0.4) is 0 Å². The van der Waals surface area contributed by atoms with Crippen molar-refractivity contribution >= 4 is 24.0 Å². The highest BCUT2D eigenvalue weighted by atomic mass is 16.5. The Bertz CT molecular complexity index is 2030. The minimum Gasteiger partial charge on any atom is -0.453 e. The Kier molecular flexibility index (Phi) is 11.7. The van der Waals surface area contributed by atoms with Gasteiger partial charge in [-0.25, -0.2) is 19.6 Å². The molecule has 60 heavy (non-hydrogen) atoms. The molecule has 2 aliphatic heterocycles. The molecule has 0 radical (unpaired) electrons. The number of methoxy groups -OCH3 is 2. The summed E-state index contributed by atoms with van der Waals surface area (Å²) in [6, 6.07) is 15.2. The second-order valence-corrected chi connectivity index (χ2v) is 17.7. The predicted molar refractivity (Wildman–Crippen MR) is 226 cm³/mol. The van der Waals surface area contributed by atoms with Crippen LogP contribution in [0.15, 0.2) is 60.9 Å². The van der Waals surface area contributed by atoms with Crippen LogP contribution >= 0.6 is 0 Å². The van der Waals surface area contributed by atoms with Crippen molar-refractivity contribution in [2.45, 2.75) is 115 Å². The molecular formula is C46H58N8O6. The number of likely N-dealkylation sites (tertiary alicyclic amines) is 2. The summed E-state index contributed by atoms with van der Waals surface area (Å²) in [7, 11) is 2.62. The van der Waals surface area contributed by atoms with Crippen LogP contribution in [0.25, 0.3) is 33.6 Å². The lowest BCUT2D eigenvalue weighted by molar-refractivity contribution is -0.138. The van der Waals surface area contributed by atoms with Crippen molar-refractivity contribution in [1.29, 1.82) is 0 Å². The molecule has 4 aliphatic rings. The molecular weight excluding hydrogens is 761 g/mol. The number of hydrogen-bond acceptors (Lipinski definition) is 8. The highest BCUT2D eigenvalue weighted by Gasteiger charge is 2.51. The number of imidazole rings is 2. The third-order valence-corrected chi connectivity index (χ3v) is 13.5. The summed E-state index contributed by atoms with van der Waals surface area (Å²) in [5, 5.41) is 5.56. The monoisotopic (exact) mass is 818 g/mol. The van der Waals surface area contributed by atoms with Crippen molar-refractivity contribution in [3.05, 3.63) is 72.6 Å². The fraction of sp³-hybridized carbons (Fsp3) is 0.522. The topological polar surface area (TPSA) is 175 Å². The number of carbonyl (C=O) groups excluding carboxylic acids is 4. The molecule has 2 aliphatic carbocycles. The van der Waals surface area contributed by atoms with Gasteiger partial charge in [0.1, 0.15) is 23.7 Å². The highest BCUT2D eigenvalue weighted by molar-refractivity contribution is 5.87. The minimum absolute atomic E-state index is 0.0863. The second kappa shape index (κ2) is 17.1. The van der Waals surface area contributed by atoms with Gasteiger partial charge in [-0.2, -0.15) is 0 Å². The Hall–Kier alpha value is -5.66. The lowest BCUT2D eigenvalue weighted by Crippen LogP contribution is -2.53. The molecule has 318 valence electrons. The van der Waals surface area contributed by atoms with E-state index in [1.807, 2.05) is 49.9 Å². The molecule has 0 spiro atoms. The first-order valence-corrected chi connectivity index (χ1v) is 21.6. The summed E-state index contributed by atoms with van der Waals surface area (Å²) in [4.78, 5) is 73.2. The summed E-state index contributed by atoms with van der Waals surface area (Å²) in [5.74, 6) is 1.97. The van der Waals surface area contributed by atoms with Crippen molar-refractivity contribution in [3.8, 4) is 33.6 Å². The molecule has 4 fully saturated rings. The molecule has 8 rings (SSSR count). The van der Waals surface area contributed by atoms with Gasteiger partial charge >= 0.3 is 12.2 Å². The van der Waals surface area contributed by atoms with Crippen molar-refractivity contribution in [3.63, 3.8) is 0 Å². The fourth-order valence-electron chi connectivity index (χ4n) is 10.4. The molecule has 4 aromatic rings. The SMILES string of the molecule is COC(=O)N[C@H](C(=O)N1[C@H](c2ncc(-c3ccc(-c4ccc(-c5cnc([C@@H]6C[C@@H]7CCC[C@@H]7N6C(=O)[C@@H](NC(=O)OC)C(C)C)[nH]5)cc4)cc3)[nH]2)C[C@@H]2CCC[C@@H]21)C(C)C. The van der Waals surface area contributed by atoms with E-state index in [9.17, 15) is 19.2 Å². The van der Waals surface area contributed by atoms with Gasteiger partial charge in [-0.15, -0.1) is 0 Å². The Labute approximate surface area is 351 Å². The van der Waals surface area contributed by atoms with Gasteiger partial charge < -0.3 is 39.9 Å². The number of rotatable bonds is 11. The molecule has 0 unspecified atom stereocenters. The summed E-state index contributed by atoms with van der Waals surface area (Å²) >= 11 is 0. The van der Waals surface area contributed by atoms with Gasteiger partial charge in [0.2, 0.25) is 11.8 Å². The zero-order valence-electron chi connectivity index (χ0n) is 35.4. The number of hydrogen-bond donors (Lipinski definition) is 4. The van der Waals surface area contributed by atoms with Crippen molar-refractivity contribution < 1.29 is 28.7 Å². The number of aromatic nitrogens is 4. The van der Waals surface area contributed by atoms with Crippen LogP contribution in [-0.4, -0.2) is 92.1 Å². The van der Waals surface area contributed by atoms with Crippen LogP contribution in [0.1, 0.15) is 103 Å². The third-order valence-electron chi connectivity index (χ3n) is 13.5. The van der Waals surface area contributed by atoms with Crippen LogP contribution < -0.4 is 10.6 Å². The molecule has 4 heterocycles. The summed E-state index contributed by atoms with van der Waals surface area (Å²) in [6.07, 6.45) is 10.4. The van der Waals surface area contributed by atoms with Gasteiger partial charge in [0, 0.05) is 12.1 Å². The van der Waals surface area contributed by atoms with Gasteiger partial charge in [0.15, 0.2) is 0 Å². The largest absolute Gasteiger partial charge is 0.453 e. The number of amides is 4. The van der Waals surface area contributed by atoms with Crippen LogP contribution in [0.2, 0.25) is 0 Å². The van der Waals surface area contributed by atoms with E-state index in [4.69, 9.17) is 19.4 Å². The number of benzene rings is 2. The highest BCUT2D eigenvalue weighted by Crippen LogP contribution is 2.49. The second-order valence-electron chi connectivity index (χ2n) is 17.7. The number of alkyl carbamates (subject to hydrolysis) is 2. The fourth-order valence-corrected chi connectivity index (χ4v) is 10.4. The van der Waals surface area contributed by atoms with E-state index in [0.29, 0.717) is 11.8 Å². The van der Waals surface area contributed by atoms with Crippen molar-refractivity contribution in [1.82, 2.24) is 40.4 Å². The molecule has 8 atom stereocenters. The van der Waals surface area contributed by atoms with E-state index < -0.39 is 24.3 Å². The molecule has 2 saturated carbocycles. The number of H-pyrrole nitrogens is 2. The van der Waals surface area contributed by atoms with E-state index in [2.05, 4.69) is 69.1 Å². The van der Waals surface area contributed by atoms with Crippen LogP contribution in [-0.2, 0) is 19.1 Å². The van der Waals surface area contributed by atoms with Gasteiger partial charge in [-0.1, -0.05) is 89.1 Å².